The van der Waals surface area contributed by atoms with E-state index in [1.54, 1.807) is 23.5 Å². The van der Waals surface area contributed by atoms with Crippen LogP contribution in [0.5, 0.6) is 0 Å². The topological polar surface area (TPSA) is 70.1 Å². The number of nitrogens with one attached hydrogen (secondary N) is 1. The van der Waals surface area contributed by atoms with E-state index < -0.39 is 0 Å². The molecule has 7 nitrogen and oxygen atoms in total. The molecule has 2 heterocycles. The van der Waals surface area contributed by atoms with Crippen LogP contribution in [-0.4, -0.2) is 66.9 Å². The number of carbonyl (C=O) groups is 1. The van der Waals surface area contributed by atoms with Crippen LogP contribution in [0.1, 0.15) is 45.4 Å². The van der Waals surface area contributed by atoms with Gasteiger partial charge < -0.3 is 19.9 Å². The van der Waals surface area contributed by atoms with Crippen molar-refractivity contribution in [3.8, 4) is 11.3 Å². The van der Waals surface area contributed by atoms with Crippen molar-refractivity contribution in [3.63, 3.8) is 0 Å². The summed E-state index contributed by atoms with van der Waals surface area (Å²) in [7, 11) is 2.13. The van der Waals surface area contributed by atoms with E-state index >= 15 is 0 Å². The van der Waals surface area contributed by atoms with Gasteiger partial charge in [-0.25, -0.2) is 14.4 Å². The summed E-state index contributed by atoms with van der Waals surface area (Å²) in [5.74, 6) is 0.364. The first kappa shape index (κ1) is 28.5. The van der Waals surface area contributed by atoms with Crippen molar-refractivity contribution in [2.75, 3.05) is 38.1 Å². The smallest absolute Gasteiger partial charge is 0.293 e. The van der Waals surface area contributed by atoms with E-state index in [-0.39, 0.29) is 11.4 Å². The monoisotopic (exact) mass is 527 g/mol. The first-order valence-corrected chi connectivity index (χ1v) is 13.4. The number of nitrogens with zero attached hydrogens (tertiary/aromatic N) is 4. The van der Waals surface area contributed by atoms with Crippen molar-refractivity contribution in [1.29, 1.82) is 0 Å². The summed E-state index contributed by atoms with van der Waals surface area (Å²) in [6, 6.07) is 7.29. The fraction of sp³-hybridized carbons (Fsp3) is 0.464. The van der Waals surface area contributed by atoms with Crippen LogP contribution in [0.2, 0.25) is 0 Å². The highest BCUT2D eigenvalue weighted by Crippen LogP contribution is 2.36. The summed E-state index contributed by atoms with van der Waals surface area (Å²) >= 11 is 1.57. The molecule has 9 heteroatoms. The molecule has 0 amide bonds. The number of piperazine rings is 1. The van der Waals surface area contributed by atoms with Crippen LogP contribution in [-0.2, 0) is 9.53 Å². The minimum atomic E-state index is -0.318. The lowest BCUT2D eigenvalue weighted by atomic mass is 10.1. The van der Waals surface area contributed by atoms with E-state index in [4.69, 9.17) is 9.98 Å². The van der Waals surface area contributed by atoms with Crippen LogP contribution < -0.4 is 10.2 Å². The normalized spacial score (nSPS) is 16.8. The molecule has 1 saturated heterocycles. The van der Waals surface area contributed by atoms with Crippen molar-refractivity contribution in [1.82, 2.24) is 15.2 Å². The van der Waals surface area contributed by atoms with Gasteiger partial charge in [-0.2, -0.15) is 0 Å². The van der Waals surface area contributed by atoms with Gasteiger partial charge in [-0.05, 0) is 65.8 Å². The van der Waals surface area contributed by atoms with Gasteiger partial charge in [-0.1, -0.05) is 36.1 Å². The molecule has 1 saturated carbocycles. The number of rotatable bonds is 8. The number of allylic oxidation sites excluding steroid dienone is 2. The maximum atomic E-state index is 14.7. The van der Waals surface area contributed by atoms with Gasteiger partial charge in [0.2, 0.25) is 0 Å². The van der Waals surface area contributed by atoms with Gasteiger partial charge in [0.25, 0.3) is 6.47 Å². The molecule has 4 rings (SSSR count). The van der Waals surface area contributed by atoms with Crippen LogP contribution in [0, 0.1) is 5.82 Å². The third-order valence-electron chi connectivity index (χ3n) is 5.68. The first-order chi connectivity index (χ1) is 17.6. The highest BCUT2D eigenvalue weighted by Gasteiger charge is 2.25. The molecule has 200 valence electrons. The number of hydrogen-bond donors (Lipinski definition) is 1. The molecule has 0 radical (unpaired) electrons. The summed E-state index contributed by atoms with van der Waals surface area (Å²) in [4.78, 5) is 24.7. The average molecular weight is 528 g/mol. The van der Waals surface area contributed by atoms with Crippen molar-refractivity contribution < 1.29 is 13.9 Å². The molecule has 0 atom stereocenters. The zero-order chi connectivity index (χ0) is 27.0. The summed E-state index contributed by atoms with van der Waals surface area (Å²) in [6.07, 6.45) is 6.21. The van der Waals surface area contributed by atoms with Crippen molar-refractivity contribution in [3.05, 3.63) is 59.5 Å². The molecule has 1 aliphatic heterocycles. The lowest BCUT2D eigenvalue weighted by Gasteiger charge is -2.32. The molecule has 1 aliphatic carbocycles. The molecule has 2 fully saturated rings. The highest BCUT2D eigenvalue weighted by atomic mass is 32.1. The number of likely N-dealkylation sites (N-methyl/N-ethyl adjacent to an activating group) is 1. The third kappa shape index (κ3) is 8.79. The number of anilines is 1. The Bertz CT molecular complexity index is 1130. The van der Waals surface area contributed by atoms with Crippen LogP contribution in [0.15, 0.2) is 53.8 Å². The van der Waals surface area contributed by atoms with Crippen LogP contribution >= 0.6 is 11.3 Å². The van der Waals surface area contributed by atoms with E-state index in [1.807, 2.05) is 45.9 Å². The maximum absolute atomic E-state index is 14.7. The Labute approximate surface area is 223 Å². The summed E-state index contributed by atoms with van der Waals surface area (Å²) < 4.78 is 19.3. The zero-order valence-electron chi connectivity index (χ0n) is 22.5. The predicted molar refractivity (Wildman–Crippen MR) is 151 cm³/mol. The standard InChI is InChI=1S/C23H28FN5S.C5H10O2/c1-4-7-20(26-16(2)25-17-10-11-17)22-21(18-8-5-6-9-19(18)24)27-23(30-22)29-14-12-28(3)13-15-29;1-5(2,3)7-4-6/h4-9,17,25H,2,10-15H2,1,3H3;4H,1-3H3/b7-4-,26-20+;. The minimum Gasteiger partial charge on any atom is -0.462 e. The molecule has 0 unspecified atom stereocenters. The SMILES string of the molecule is C=C(/N=C(\C=C/C)c1sc(N2CCN(C)CC2)nc1-c1ccccc1F)NC1CC1.CC(C)(C)OC=O. The molecule has 1 aromatic heterocycles. The van der Waals surface area contributed by atoms with Gasteiger partial charge >= 0.3 is 0 Å². The molecule has 2 aromatic rings. The Morgan fingerprint density at radius 1 is 1.24 bits per heavy atom. The third-order valence-corrected chi connectivity index (χ3v) is 6.82. The molecule has 37 heavy (non-hydrogen) atoms. The largest absolute Gasteiger partial charge is 0.462 e. The lowest BCUT2D eigenvalue weighted by Crippen LogP contribution is -2.44. The van der Waals surface area contributed by atoms with Crippen molar-refractivity contribution in [2.45, 2.75) is 52.2 Å². The first-order valence-electron chi connectivity index (χ1n) is 12.6. The molecule has 1 aromatic carbocycles. The number of hydrogen-bond acceptors (Lipinski definition) is 8. The van der Waals surface area contributed by atoms with E-state index in [2.05, 4.69) is 33.5 Å². The molecule has 0 spiro atoms. The van der Waals surface area contributed by atoms with Crippen LogP contribution in [0.3, 0.4) is 0 Å². The average Bonchev–Trinajstić information content (AvgIpc) is 3.53. The van der Waals surface area contributed by atoms with Gasteiger partial charge in [-0.3, -0.25) is 4.79 Å². The number of ether oxygens (including phenoxy) is 1. The maximum Gasteiger partial charge on any atom is 0.293 e. The number of aromatic nitrogens is 1. The van der Waals surface area contributed by atoms with Crippen LogP contribution in [0.25, 0.3) is 11.3 Å². The van der Waals surface area contributed by atoms with Gasteiger partial charge in [0.05, 0.1) is 16.3 Å². The van der Waals surface area contributed by atoms with Crippen LogP contribution in [0.4, 0.5) is 9.52 Å². The number of carbonyl (C=O) groups excluding carboxylic acids is 1. The van der Waals surface area contributed by atoms with Gasteiger partial charge in [0.15, 0.2) is 5.13 Å². The second-order valence-electron chi connectivity index (χ2n) is 10.1. The Hall–Kier alpha value is -3.04. The van der Waals surface area contributed by atoms with Gasteiger partial charge in [0.1, 0.15) is 17.2 Å². The number of thiazole rings is 1. The Morgan fingerprint density at radius 3 is 2.46 bits per heavy atom. The summed E-state index contributed by atoms with van der Waals surface area (Å²) in [6.45, 7) is 15.7. The second kappa shape index (κ2) is 13.0. The number of halogens is 1. The second-order valence-corrected chi connectivity index (χ2v) is 11.1. The van der Waals surface area contributed by atoms with Crippen molar-refractivity contribution >= 4 is 28.7 Å². The fourth-order valence-corrected chi connectivity index (χ4v) is 4.66. The molecular formula is C28H38FN5O2S. The molecule has 0 bridgehead atoms. The number of aliphatic imine (C=N–C) groups is 1. The number of benzene rings is 1. The van der Waals surface area contributed by atoms with E-state index in [9.17, 15) is 9.18 Å². The fourth-order valence-electron chi connectivity index (χ4n) is 3.56. The van der Waals surface area contributed by atoms with E-state index in [1.165, 1.54) is 6.07 Å². The van der Waals surface area contributed by atoms with Gasteiger partial charge in [-0.15, -0.1) is 0 Å². The zero-order valence-corrected chi connectivity index (χ0v) is 23.3. The molecular weight excluding hydrogens is 489 g/mol. The lowest BCUT2D eigenvalue weighted by molar-refractivity contribution is -0.138. The van der Waals surface area contributed by atoms with Gasteiger partial charge in [0, 0.05) is 37.8 Å². The minimum absolute atomic E-state index is 0.274. The quantitative estimate of drug-likeness (QED) is 0.374. The molecule has 2 aliphatic rings. The Balaban J connectivity index is 0.000000479. The predicted octanol–water partition coefficient (Wildman–Crippen LogP) is 5.25. The molecule has 1 N–H and O–H groups in total. The van der Waals surface area contributed by atoms with Crippen molar-refractivity contribution in [2.24, 2.45) is 4.99 Å². The van der Waals surface area contributed by atoms with E-state index in [0.29, 0.717) is 29.6 Å². The Kier molecular flexibility index (Phi) is 10.00. The summed E-state index contributed by atoms with van der Waals surface area (Å²) in [5, 5.41) is 4.25. The summed E-state index contributed by atoms with van der Waals surface area (Å²) in [5.41, 5.74) is 1.58. The van der Waals surface area contributed by atoms with E-state index in [0.717, 1.165) is 54.7 Å². The highest BCUT2D eigenvalue weighted by molar-refractivity contribution is 7.18. The Morgan fingerprint density at radius 2 is 1.92 bits per heavy atom.